The second-order valence-electron chi connectivity index (χ2n) is 3.60. The third-order valence-corrected chi connectivity index (χ3v) is 4.41. The lowest BCUT2D eigenvalue weighted by Crippen LogP contribution is -2.32. The summed E-state index contributed by atoms with van der Waals surface area (Å²) in [5, 5.41) is 9.78. The molecule has 0 spiro atoms. The smallest absolute Gasteiger partial charge is 0.342 e. The highest BCUT2D eigenvalue weighted by atomic mass is 79.9. The molecule has 0 saturated heterocycles. The molecular formula is C11H12Br3ClFNO3. The first-order valence-corrected chi connectivity index (χ1v) is 7.61. The summed E-state index contributed by atoms with van der Waals surface area (Å²) in [4.78, 5) is 11.4. The van der Waals surface area contributed by atoms with E-state index in [0.717, 1.165) is 0 Å². The largest absolute Gasteiger partial charge is 0.506 e. The summed E-state index contributed by atoms with van der Waals surface area (Å²) in [6.45, 7) is 1.65. The summed E-state index contributed by atoms with van der Waals surface area (Å²) >= 11 is 9.48. The predicted molar refractivity (Wildman–Crippen MR) is 86.9 cm³/mol. The van der Waals surface area contributed by atoms with Crippen LogP contribution in [0.25, 0.3) is 0 Å². The second kappa shape index (κ2) is 8.53. The summed E-state index contributed by atoms with van der Waals surface area (Å²) < 4.78 is 19.6. The Bertz CT molecular complexity index is 504. The Morgan fingerprint density at radius 1 is 1.45 bits per heavy atom. The van der Waals surface area contributed by atoms with Crippen LogP contribution in [0.1, 0.15) is 18.5 Å². The molecule has 0 amide bonds. The lowest BCUT2D eigenvalue weighted by Gasteiger charge is -2.19. The molecule has 0 radical (unpaired) electrons. The SMILES string of the molecule is CCOC(=O)C(F)[C@@H](N)c1c(Br)cc(Br)c(O)c1Br.Cl. The summed E-state index contributed by atoms with van der Waals surface area (Å²) in [6, 6.07) is 0.259. The number of hydrogen-bond donors (Lipinski definition) is 2. The van der Waals surface area contributed by atoms with Gasteiger partial charge in [0.1, 0.15) is 5.75 Å². The molecule has 4 nitrogen and oxygen atoms in total. The first-order valence-electron chi connectivity index (χ1n) is 5.23. The number of rotatable bonds is 4. The molecule has 20 heavy (non-hydrogen) atoms. The molecule has 1 rings (SSSR count). The van der Waals surface area contributed by atoms with Gasteiger partial charge in [0.05, 0.1) is 21.6 Å². The monoisotopic (exact) mass is 497 g/mol. The van der Waals surface area contributed by atoms with Gasteiger partial charge >= 0.3 is 5.97 Å². The van der Waals surface area contributed by atoms with E-state index >= 15 is 0 Å². The molecule has 0 aromatic heterocycles. The van der Waals surface area contributed by atoms with Crippen molar-refractivity contribution in [3.63, 3.8) is 0 Å². The lowest BCUT2D eigenvalue weighted by atomic mass is 10.0. The van der Waals surface area contributed by atoms with E-state index in [9.17, 15) is 14.3 Å². The third kappa shape index (κ3) is 4.30. The zero-order chi connectivity index (χ0) is 14.7. The summed E-state index contributed by atoms with van der Waals surface area (Å²) in [5.41, 5.74) is 5.98. The molecule has 1 aromatic carbocycles. The normalized spacial score (nSPS) is 13.3. The lowest BCUT2D eigenvalue weighted by molar-refractivity contribution is -0.149. The molecule has 0 bridgehead atoms. The number of alkyl halides is 1. The van der Waals surface area contributed by atoms with Crippen molar-refractivity contribution in [1.82, 2.24) is 0 Å². The number of halogens is 5. The van der Waals surface area contributed by atoms with Gasteiger partial charge in [0.25, 0.3) is 0 Å². The maximum Gasteiger partial charge on any atom is 0.342 e. The van der Waals surface area contributed by atoms with Crippen LogP contribution in [-0.4, -0.2) is 23.9 Å². The minimum Gasteiger partial charge on any atom is -0.506 e. The highest BCUT2D eigenvalue weighted by molar-refractivity contribution is 9.11. The van der Waals surface area contributed by atoms with Crippen LogP contribution < -0.4 is 5.73 Å². The standard InChI is InChI=1S/C11H11Br3FNO3.ClH/c1-2-19-11(18)8(15)9(16)6-4(12)3-5(13)10(17)7(6)14;/h3,8-9,17H,2,16H2,1H3;1H/t8?,9-;/m0./s1. The highest BCUT2D eigenvalue weighted by Crippen LogP contribution is 2.42. The Morgan fingerprint density at radius 3 is 2.50 bits per heavy atom. The van der Waals surface area contributed by atoms with Crippen molar-refractivity contribution in [3.05, 3.63) is 25.0 Å². The maximum absolute atomic E-state index is 13.9. The molecule has 0 saturated carbocycles. The molecule has 9 heteroatoms. The minimum atomic E-state index is -2.02. The van der Waals surface area contributed by atoms with Crippen molar-refractivity contribution < 1.29 is 19.0 Å². The molecule has 0 aliphatic rings. The quantitative estimate of drug-likeness (QED) is 0.614. The Labute approximate surface area is 147 Å². The average molecular weight is 500 g/mol. The summed E-state index contributed by atoms with van der Waals surface area (Å²) in [6.07, 6.45) is -2.02. The Hall–Kier alpha value is 0.110. The van der Waals surface area contributed by atoms with E-state index in [1.165, 1.54) is 6.07 Å². The first-order chi connectivity index (χ1) is 8.81. The molecule has 3 N–H and O–H groups in total. The highest BCUT2D eigenvalue weighted by Gasteiger charge is 2.31. The topological polar surface area (TPSA) is 72.5 Å². The van der Waals surface area contributed by atoms with Gasteiger partial charge in [-0.2, -0.15) is 0 Å². The van der Waals surface area contributed by atoms with Gasteiger partial charge < -0.3 is 15.6 Å². The maximum atomic E-state index is 13.9. The summed E-state index contributed by atoms with van der Waals surface area (Å²) in [5.74, 6) is -1.15. The van der Waals surface area contributed by atoms with Crippen LogP contribution in [-0.2, 0) is 9.53 Å². The molecule has 0 fully saturated rings. The Balaban J connectivity index is 0.00000361. The number of aromatic hydroxyl groups is 1. The van der Waals surface area contributed by atoms with Crippen molar-refractivity contribution in [1.29, 1.82) is 0 Å². The van der Waals surface area contributed by atoms with E-state index in [1.54, 1.807) is 6.92 Å². The van der Waals surface area contributed by atoms with Crippen molar-refractivity contribution in [2.75, 3.05) is 6.61 Å². The fraction of sp³-hybridized carbons (Fsp3) is 0.364. The number of phenolic OH excluding ortho intramolecular Hbond substituents is 1. The van der Waals surface area contributed by atoms with Crippen LogP contribution in [0.15, 0.2) is 19.5 Å². The summed E-state index contributed by atoms with van der Waals surface area (Å²) in [7, 11) is 0. The number of benzene rings is 1. The van der Waals surface area contributed by atoms with E-state index in [4.69, 9.17) is 5.73 Å². The molecule has 0 aliphatic carbocycles. The van der Waals surface area contributed by atoms with Crippen LogP contribution in [0.2, 0.25) is 0 Å². The van der Waals surface area contributed by atoms with Crippen molar-refractivity contribution in [2.45, 2.75) is 19.1 Å². The van der Waals surface area contributed by atoms with E-state index in [-0.39, 0.29) is 34.8 Å². The molecule has 2 atom stereocenters. The molecule has 0 heterocycles. The van der Waals surface area contributed by atoms with Crippen LogP contribution in [0.4, 0.5) is 4.39 Å². The number of esters is 1. The third-order valence-electron chi connectivity index (χ3n) is 2.34. The van der Waals surface area contributed by atoms with Gasteiger partial charge in [0.15, 0.2) is 0 Å². The Morgan fingerprint density at radius 2 is 2.00 bits per heavy atom. The average Bonchev–Trinajstić information content (AvgIpc) is 2.35. The number of carbonyl (C=O) groups excluding carboxylic acids is 1. The number of nitrogens with two attached hydrogens (primary N) is 1. The van der Waals surface area contributed by atoms with Gasteiger partial charge in [-0.15, -0.1) is 12.4 Å². The number of ether oxygens (including phenoxy) is 1. The fourth-order valence-corrected chi connectivity index (χ4v) is 4.06. The first kappa shape index (κ1) is 20.1. The fourth-order valence-electron chi connectivity index (χ4n) is 1.41. The molecule has 1 aromatic rings. The van der Waals surface area contributed by atoms with E-state index in [0.29, 0.717) is 8.95 Å². The minimum absolute atomic E-state index is 0. The number of phenols is 1. The van der Waals surface area contributed by atoms with Gasteiger partial charge in [0, 0.05) is 10.0 Å². The van der Waals surface area contributed by atoms with Gasteiger partial charge in [0.2, 0.25) is 6.17 Å². The molecular weight excluding hydrogens is 488 g/mol. The van der Waals surface area contributed by atoms with Crippen molar-refractivity contribution in [2.24, 2.45) is 5.73 Å². The predicted octanol–water partition coefficient (Wildman–Crippen LogP) is 4.00. The number of carbonyl (C=O) groups is 1. The zero-order valence-electron chi connectivity index (χ0n) is 10.2. The van der Waals surface area contributed by atoms with Crippen molar-refractivity contribution >= 4 is 66.2 Å². The van der Waals surface area contributed by atoms with Gasteiger partial charge in [-0.3, -0.25) is 0 Å². The van der Waals surface area contributed by atoms with Crippen LogP contribution in [0, 0.1) is 0 Å². The Kier molecular flexibility index (Phi) is 8.57. The van der Waals surface area contributed by atoms with E-state index < -0.39 is 18.2 Å². The number of hydrogen-bond acceptors (Lipinski definition) is 4. The molecule has 1 unspecified atom stereocenters. The van der Waals surface area contributed by atoms with Gasteiger partial charge in [-0.05, 0) is 44.8 Å². The van der Waals surface area contributed by atoms with Crippen LogP contribution in [0.5, 0.6) is 5.75 Å². The zero-order valence-corrected chi connectivity index (χ0v) is 15.8. The van der Waals surface area contributed by atoms with E-state index in [1.807, 2.05) is 0 Å². The van der Waals surface area contributed by atoms with Crippen LogP contribution in [0.3, 0.4) is 0 Å². The molecule has 0 aliphatic heterocycles. The van der Waals surface area contributed by atoms with Gasteiger partial charge in [-0.1, -0.05) is 15.9 Å². The second-order valence-corrected chi connectivity index (χ2v) is 6.10. The van der Waals surface area contributed by atoms with Gasteiger partial charge in [-0.25, -0.2) is 9.18 Å². The van der Waals surface area contributed by atoms with Crippen molar-refractivity contribution in [3.8, 4) is 5.75 Å². The molecule has 114 valence electrons. The van der Waals surface area contributed by atoms with Crippen LogP contribution >= 0.6 is 60.2 Å². The van der Waals surface area contributed by atoms with E-state index in [2.05, 4.69) is 52.5 Å².